The van der Waals surface area contributed by atoms with Crippen LogP contribution in [0.1, 0.15) is 29.6 Å². The lowest BCUT2D eigenvalue weighted by atomic mass is 10.1. The zero-order valence-corrected chi connectivity index (χ0v) is 9.12. The Bertz CT molecular complexity index is 372. The molecule has 0 spiro atoms. The predicted octanol–water partition coefficient (Wildman–Crippen LogP) is 2.83. The molecule has 0 aromatic heterocycles. The minimum Gasteiger partial charge on any atom is -0.373 e. The van der Waals surface area contributed by atoms with E-state index in [1.807, 2.05) is 0 Å². The maximum absolute atomic E-state index is 13.2. The molecule has 0 amide bonds. The van der Waals surface area contributed by atoms with Crippen molar-refractivity contribution in [3.8, 4) is 0 Å². The first-order valence-electron chi connectivity index (χ1n) is 5.63. The average molecular weight is 222 g/mol. The van der Waals surface area contributed by atoms with Gasteiger partial charge in [-0.1, -0.05) is 25.0 Å². The monoisotopic (exact) mass is 222 g/mol. The van der Waals surface area contributed by atoms with Crippen molar-refractivity contribution in [3.05, 3.63) is 35.6 Å². The van der Waals surface area contributed by atoms with Crippen molar-refractivity contribution in [3.63, 3.8) is 0 Å². The van der Waals surface area contributed by atoms with Gasteiger partial charge in [0.1, 0.15) is 12.4 Å². The number of benzene rings is 1. The summed E-state index contributed by atoms with van der Waals surface area (Å²) in [4.78, 5) is 11.6. The lowest BCUT2D eigenvalue weighted by Crippen LogP contribution is -2.11. The summed E-state index contributed by atoms with van der Waals surface area (Å²) in [5.74, 6) is 0.0377. The van der Waals surface area contributed by atoms with E-state index in [1.54, 1.807) is 12.1 Å². The quantitative estimate of drug-likeness (QED) is 0.546. The molecule has 1 aromatic rings. The Morgan fingerprint density at radius 3 is 2.81 bits per heavy atom. The molecule has 1 aromatic carbocycles. The van der Waals surface area contributed by atoms with Gasteiger partial charge in [-0.3, -0.25) is 4.79 Å². The van der Waals surface area contributed by atoms with Crippen LogP contribution in [0.5, 0.6) is 0 Å². The number of halogens is 1. The Hall–Kier alpha value is -1.22. The summed E-state index contributed by atoms with van der Waals surface area (Å²) < 4.78 is 18.5. The van der Waals surface area contributed by atoms with E-state index in [-0.39, 0.29) is 18.0 Å². The van der Waals surface area contributed by atoms with E-state index in [4.69, 9.17) is 4.74 Å². The number of ether oxygens (including phenoxy) is 1. The summed E-state index contributed by atoms with van der Waals surface area (Å²) >= 11 is 0. The Morgan fingerprint density at radius 2 is 2.12 bits per heavy atom. The largest absolute Gasteiger partial charge is 0.373 e. The number of rotatable bonds is 6. The highest BCUT2D eigenvalue weighted by molar-refractivity contribution is 5.97. The molecule has 0 bridgehead atoms. The smallest absolute Gasteiger partial charge is 0.191 e. The zero-order chi connectivity index (χ0) is 11.4. The minimum absolute atomic E-state index is 0.0202. The van der Waals surface area contributed by atoms with E-state index in [0.717, 1.165) is 12.3 Å². The fraction of sp³-hybridized carbons (Fsp3) is 0.462. The van der Waals surface area contributed by atoms with Crippen LogP contribution in [-0.2, 0) is 4.74 Å². The molecular formula is C13H15FO2. The number of Topliss-reactive ketones (excluding diaryl/α,β-unsaturated/α-hetero) is 1. The topological polar surface area (TPSA) is 26.3 Å². The molecule has 0 N–H and O–H groups in total. The molecule has 2 nitrogen and oxygen atoms in total. The van der Waals surface area contributed by atoms with E-state index in [0.29, 0.717) is 6.61 Å². The molecule has 0 heterocycles. The molecular weight excluding hydrogens is 207 g/mol. The standard InChI is InChI=1S/C13H15FO2/c14-12-4-2-1-3-11(12)13(15)9-16-8-7-10-5-6-10/h1-4,10H,5-9H2. The van der Waals surface area contributed by atoms with Gasteiger partial charge in [-0.05, 0) is 24.5 Å². The van der Waals surface area contributed by atoms with Crippen LogP contribution < -0.4 is 0 Å². The molecule has 86 valence electrons. The highest BCUT2D eigenvalue weighted by Gasteiger charge is 2.20. The lowest BCUT2D eigenvalue weighted by Gasteiger charge is -2.03. The van der Waals surface area contributed by atoms with E-state index >= 15 is 0 Å². The second kappa shape index (κ2) is 5.21. The Labute approximate surface area is 94.4 Å². The van der Waals surface area contributed by atoms with Crippen molar-refractivity contribution < 1.29 is 13.9 Å². The second-order valence-corrected chi connectivity index (χ2v) is 4.19. The van der Waals surface area contributed by atoms with Gasteiger partial charge in [-0.15, -0.1) is 0 Å². The first-order valence-corrected chi connectivity index (χ1v) is 5.63. The van der Waals surface area contributed by atoms with E-state index in [9.17, 15) is 9.18 Å². The molecule has 0 saturated heterocycles. The summed E-state index contributed by atoms with van der Waals surface area (Å²) in [6.07, 6.45) is 3.58. The molecule has 2 rings (SSSR count). The fourth-order valence-corrected chi connectivity index (χ4v) is 1.59. The maximum Gasteiger partial charge on any atom is 0.191 e. The highest BCUT2D eigenvalue weighted by Crippen LogP contribution is 2.32. The summed E-state index contributed by atoms with van der Waals surface area (Å²) in [7, 11) is 0. The van der Waals surface area contributed by atoms with Gasteiger partial charge in [0, 0.05) is 6.61 Å². The molecule has 0 unspecified atom stereocenters. The summed E-state index contributed by atoms with van der Waals surface area (Å²) in [6.45, 7) is 0.582. The lowest BCUT2D eigenvalue weighted by molar-refractivity contribution is 0.0744. The fourth-order valence-electron chi connectivity index (χ4n) is 1.59. The molecule has 16 heavy (non-hydrogen) atoms. The van der Waals surface area contributed by atoms with Crippen LogP contribution in [0, 0.1) is 11.7 Å². The third-order valence-corrected chi connectivity index (χ3v) is 2.77. The Kier molecular flexibility index (Phi) is 3.67. The van der Waals surface area contributed by atoms with Gasteiger partial charge in [-0.2, -0.15) is 0 Å². The van der Waals surface area contributed by atoms with Gasteiger partial charge < -0.3 is 4.74 Å². The van der Waals surface area contributed by atoms with Crippen molar-refractivity contribution in [1.29, 1.82) is 0 Å². The number of hydrogen-bond acceptors (Lipinski definition) is 2. The first kappa shape index (κ1) is 11.3. The van der Waals surface area contributed by atoms with E-state index < -0.39 is 5.82 Å². The van der Waals surface area contributed by atoms with Crippen LogP contribution in [-0.4, -0.2) is 19.0 Å². The van der Waals surface area contributed by atoms with Crippen molar-refractivity contribution >= 4 is 5.78 Å². The number of hydrogen-bond donors (Lipinski definition) is 0. The maximum atomic E-state index is 13.2. The van der Waals surface area contributed by atoms with Crippen molar-refractivity contribution in [1.82, 2.24) is 0 Å². The molecule has 1 aliphatic rings. The van der Waals surface area contributed by atoms with Gasteiger partial charge in [0.15, 0.2) is 5.78 Å². The number of carbonyl (C=O) groups excluding carboxylic acids is 1. The van der Waals surface area contributed by atoms with Gasteiger partial charge in [0.25, 0.3) is 0 Å². The Balaban J connectivity index is 1.76. The molecule has 1 fully saturated rings. The van der Waals surface area contributed by atoms with E-state index in [1.165, 1.54) is 25.0 Å². The molecule has 0 atom stereocenters. The van der Waals surface area contributed by atoms with Crippen molar-refractivity contribution in [2.75, 3.05) is 13.2 Å². The van der Waals surface area contributed by atoms with Crippen LogP contribution >= 0.6 is 0 Å². The van der Waals surface area contributed by atoms with Crippen LogP contribution in [0.4, 0.5) is 4.39 Å². The Morgan fingerprint density at radius 1 is 1.38 bits per heavy atom. The third-order valence-electron chi connectivity index (χ3n) is 2.77. The normalized spacial score (nSPS) is 15.1. The van der Waals surface area contributed by atoms with Crippen LogP contribution in [0.2, 0.25) is 0 Å². The van der Waals surface area contributed by atoms with Gasteiger partial charge >= 0.3 is 0 Å². The summed E-state index contributed by atoms with van der Waals surface area (Å²) in [5, 5.41) is 0. The zero-order valence-electron chi connectivity index (χ0n) is 9.12. The van der Waals surface area contributed by atoms with Gasteiger partial charge in [0.2, 0.25) is 0 Å². The summed E-state index contributed by atoms with van der Waals surface area (Å²) in [6, 6.07) is 6.00. The number of ketones is 1. The first-order chi connectivity index (χ1) is 7.77. The molecule has 3 heteroatoms. The summed E-state index contributed by atoms with van der Waals surface area (Å²) in [5.41, 5.74) is 0.119. The van der Waals surface area contributed by atoms with E-state index in [2.05, 4.69) is 0 Å². The van der Waals surface area contributed by atoms with Gasteiger partial charge in [0.05, 0.1) is 5.56 Å². The second-order valence-electron chi connectivity index (χ2n) is 4.19. The van der Waals surface area contributed by atoms with Crippen molar-refractivity contribution in [2.24, 2.45) is 5.92 Å². The molecule has 1 saturated carbocycles. The third kappa shape index (κ3) is 3.14. The van der Waals surface area contributed by atoms with Crippen molar-refractivity contribution in [2.45, 2.75) is 19.3 Å². The molecule has 1 aliphatic carbocycles. The van der Waals surface area contributed by atoms with Crippen LogP contribution in [0.3, 0.4) is 0 Å². The van der Waals surface area contributed by atoms with Gasteiger partial charge in [-0.25, -0.2) is 4.39 Å². The molecule has 0 aliphatic heterocycles. The minimum atomic E-state index is -0.474. The number of carbonyl (C=O) groups is 1. The van der Waals surface area contributed by atoms with Crippen LogP contribution in [0.15, 0.2) is 24.3 Å². The molecule has 0 radical (unpaired) electrons. The average Bonchev–Trinajstić information content (AvgIpc) is 3.08. The van der Waals surface area contributed by atoms with Crippen LogP contribution in [0.25, 0.3) is 0 Å². The predicted molar refractivity (Wildman–Crippen MR) is 58.9 cm³/mol. The SMILES string of the molecule is O=C(COCCC1CC1)c1ccccc1F. The highest BCUT2D eigenvalue weighted by atomic mass is 19.1.